The van der Waals surface area contributed by atoms with Gasteiger partial charge in [-0.3, -0.25) is 4.72 Å². The number of aromatic carboxylic acids is 1. The lowest BCUT2D eigenvalue weighted by Crippen LogP contribution is -2.15. The van der Waals surface area contributed by atoms with Crippen LogP contribution in [0.25, 0.3) is 0 Å². The van der Waals surface area contributed by atoms with Crippen molar-refractivity contribution in [1.82, 2.24) is 0 Å². The predicted molar refractivity (Wildman–Crippen MR) is 75.3 cm³/mol. The third-order valence-corrected chi connectivity index (χ3v) is 4.13. The summed E-state index contributed by atoms with van der Waals surface area (Å²) in [6, 6.07) is 9.00. The lowest BCUT2D eigenvalue weighted by atomic mass is 10.2. The monoisotopic (exact) mass is 309 g/mol. The molecule has 0 amide bonds. The summed E-state index contributed by atoms with van der Waals surface area (Å²) >= 11 is 0. The fraction of sp³-hybridized carbons (Fsp3) is 0.0714. The van der Waals surface area contributed by atoms with E-state index in [9.17, 15) is 17.6 Å². The molecular weight excluding hydrogens is 297 g/mol. The van der Waals surface area contributed by atoms with Crippen molar-refractivity contribution in [2.75, 3.05) is 4.72 Å². The second-order valence-corrected chi connectivity index (χ2v) is 6.08. The molecule has 2 N–H and O–H groups in total. The largest absolute Gasteiger partial charge is 0.478 e. The van der Waals surface area contributed by atoms with E-state index in [1.165, 1.54) is 30.3 Å². The summed E-state index contributed by atoms with van der Waals surface area (Å²) in [7, 11) is -4.13. The molecule has 0 atom stereocenters. The summed E-state index contributed by atoms with van der Waals surface area (Å²) < 4.78 is 40.1. The molecule has 0 aliphatic carbocycles. The molecule has 5 nitrogen and oxygen atoms in total. The minimum atomic E-state index is -4.13. The summed E-state index contributed by atoms with van der Waals surface area (Å²) in [6.45, 7) is 1.64. The zero-order valence-electron chi connectivity index (χ0n) is 11.0. The lowest BCUT2D eigenvalue weighted by molar-refractivity contribution is 0.0697. The molecule has 0 unspecified atom stereocenters. The molecule has 0 radical (unpaired) electrons. The number of hydrogen-bond acceptors (Lipinski definition) is 3. The molecule has 0 fully saturated rings. The summed E-state index contributed by atoms with van der Waals surface area (Å²) in [5, 5.41) is 8.87. The van der Waals surface area contributed by atoms with Crippen LogP contribution in [0.3, 0.4) is 0 Å². The summed E-state index contributed by atoms with van der Waals surface area (Å²) in [6.07, 6.45) is 0. The second-order valence-electron chi connectivity index (χ2n) is 4.43. The van der Waals surface area contributed by atoms with Gasteiger partial charge >= 0.3 is 5.97 Å². The average molecular weight is 309 g/mol. The van der Waals surface area contributed by atoms with Crippen LogP contribution in [0.2, 0.25) is 0 Å². The number of aryl methyl sites for hydroxylation is 1. The van der Waals surface area contributed by atoms with Gasteiger partial charge in [-0.1, -0.05) is 12.1 Å². The SMILES string of the molecule is Cc1ccc(F)c(S(=O)(=O)Nc2cccc(C(=O)O)c2)c1. The van der Waals surface area contributed by atoms with Gasteiger partial charge in [-0.15, -0.1) is 0 Å². The highest BCUT2D eigenvalue weighted by Crippen LogP contribution is 2.20. The number of carbonyl (C=O) groups is 1. The van der Waals surface area contributed by atoms with Crippen LogP contribution in [0, 0.1) is 12.7 Å². The number of carboxylic acid groups (broad SMARTS) is 1. The van der Waals surface area contributed by atoms with Crippen LogP contribution in [0.4, 0.5) is 10.1 Å². The van der Waals surface area contributed by atoms with Crippen LogP contribution in [0.1, 0.15) is 15.9 Å². The van der Waals surface area contributed by atoms with E-state index in [0.29, 0.717) is 5.56 Å². The molecule has 0 aliphatic heterocycles. The van der Waals surface area contributed by atoms with E-state index in [0.717, 1.165) is 12.1 Å². The van der Waals surface area contributed by atoms with E-state index < -0.39 is 26.7 Å². The Bertz CT molecular complexity index is 802. The highest BCUT2D eigenvalue weighted by atomic mass is 32.2. The Morgan fingerprint density at radius 3 is 2.57 bits per heavy atom. The maximum atomic E-state index is 13.7. The van der Waals surface area contributed by atoms with Gasteiger partial charge in [-0.25, -0.2) is 17.6 Å². The maximum absolute atomic E-state index is 13.7. The van der Waals surface area contributed by atoms with E-state index in [1.807, 2.05) is 0 Å². The Morgan fingerprint density at radius 1 is 1.19 bits per heavy atom. The van der Waals surface area contributed by atoms with E-state index >= 15 is 0 Å². The summed E-state index contributed by atoms with van der Waals surface area (Å²) in [5.74, 6) is -2.06. The quantitative estimate of drug-likeness (QED) is 0.909. The summed E-state index contributed by atoms with van der Waals surface area (Å²) in [4.78, 5) is 10.4. The topological polar surface area (TPSA) is 83.5 Å². The molecule has 0 spiro atoms. The van der Waals surface area contributed by atoms with Crippen molar-refractivity contribution in [2.45, 2.75) is 11.8 Å². The Labute approximate surface area is 121 Å². The molecule has 2 aromatic carbocycles. The van der Waals surface area contributed by atoms with Crippen molar-refractivity contribution >= 4 is 21.7 Å². The first kappa shape index (κ1) is 15.0. The number of anilines is 1. The molecule has 0 aliphatic rings. The zero-order chi connectivity index (χ0) is 15.6. The van der Waals surface area contributed by atoms with Gasteiger partial charge in [-0.05, 0) is 42.8 Å². The van der Waals surface area contributed by atoms with Gasteiger partial charge in [0, 0.05) is 5.69 Å². The maximum Gasteiger partial charge on any atom is 0.335 e. The molecule has 21 heavy (non-hydrogen) atoms. The molecule has 0 aromatic heterocycles. The van der Waals surface area contributed by atoms with Gasteiger partial charge in [0.05, 0.1) is 5.56 Å². The lowest BCUT2D eigenvalue weighted by Gasteiger charge is -2.10. The normalized spacial score (nSPS) is 11.1. The zero-order valence-corrected chi connectivity index (χ0v) is 11.8. The first-order chi connectivity index (χ1) is 9.79. The Kier molecular flexibility index (Phi) is 3.95. The minimum Gasteiger partial charge on any atom is -0.478 e. The van der Waals surface area contributed by atoms with E-state index in [2.05, 4.69) is 4.72 Å². The molecule has 0 saturated heterocycles. The molecule has 0 heterocycles. The van der Waals surface area contributed by atoms with E-state index in [4.69, 9.17) is 5.11 Å². The Balaban J connectivity index is 2.40. The average Bonchev–Trinajstić information content (AvgIpc) is 2.41. The van der Waals surface area contributed by atoms with Crippen LogP contribution >= 0.6 is 0 Å². The Morgan fingerprint density at radius 2 is 1.90 bits per heavy atom. The molecule has 2 aromatic rings. The van der Waals surface area contributed by atoms with Gasteiger partial charge < -0.3 is 5.11 Å². The van der Waals surface area contributed by atoms with Crippen LogP contribution < -0.4 is 4.72 Å². The van der Waals surface area contributed by atoms with Gasteiger partial charge in [-0.2, -0.15) is 0 Å². The number of benzene rings is 2. The van der Waals surface area contributed by atoms with Gasteiger partial charge in [0.2, 0.25) is 0 Å². The number of hydrogen-bond donors (Lipinski definition) is 2. The van der Waals surface area contributed by atoms with Crippen molar-refractivity contribution in [1.29, 1.82) is 0 Å². The van der Waals surface area contributed by atoms with Crippen LogP contribution in [0.15, 0.2) is 47.4 Å². The molecule has 7 heteroatoms. The third-order valence-electron chi connectivity index (χ3n) is 2.74. The highest BCUT2D eigenvalue weighted by Gasteiger charge is 2.19. The fourth-order valence-corrected chi connectivity index (χ4v) is 2.96. The predicted octanol–water partition coefficient (Wildman–Crippen LogP) is 2.63. The summed E-state index contributed by atoms with van der Waals surface area (Å²) in [5.41, 5.74) is 0.576. The van der Waals surface area contributed by atoms with Crippen molar-refractivity contribution in [3.05, 3.63) is 59.4 Å². The number of rotatable bonds is 4. The number of sulfonamides is 1. The van der Waals surface area contributed by atoms with Crippen molar-refractivity contribution in [3.8, 4) is 0 Å². The standard InChI is InChI=1S/C14H12FNO4S/c1-9-5-6-12(15)13(7-9)21(19,20)16-11-4-2-3-10(8-11)14(17)18/h2-8,16H,1H3,(H,17,18). The molecule has 0 bridgehead atoms. The van der Waals surface area contributed by atoms with Crippen molar-refractivity contribution in [2.24, 2.45) is 0 Å². The van der Waals surface area contributed by atoms with Crippen LogP contribution in [-0.4, -0.2) is 19.5 Å². The van der Waals surface area contributed by atoms with Gasteiger partial charge in [0.15, 0.2) is 0 Å². The molecule has 2 rings (SSSR count). The van der Waals surface area contributed by atoms with E-state index in [1.54, 1.807) is 6.92 Å². The second kappa shape index (κ2) is 5.53. The number of halogens is 1. The van der Waals surface area contributed by atoms with Gasteiger partial charge in [0.25, 0.3) is 10.0 Å². The van der Waals surface area contributed by atoms with Crippen LogP contribution in [0.5, 0.6) is 0 Å². The first-order valence-corrected chi connectivity index (χ1v) is 7.40. The fourth-order valence-electron chi connectivity index (χ4n) is 1.74. The van der Waals surface area contributed by atoms with Crippen molar-refractivity contribution in [3.63, 3.8) is 0 Å². The highest BCUT2D eigenvalue weighted by molar-refractivity contribution is 7.92. The Hall–Kier alpha value is -2.41. The minimum absolute atomic E-state index is 0.0517. The third kappa shape index (κ3) is 3.38. The first-order valence-electron chi connectivity index (χ1n) is 5.92. The molecular formula is C14H12FNO4S. The smallest absolute Gasteiger partial charge is 0.335 e. The van der Waals surface area contributed by atoms with Gasteiger partial charge in [0.1, 0.15) is 10.7 Å². The molecule has 0 saturated carbocycles. The number of nitrogens with one attached hydrogen (secondary N) is 1. The molecule has 110 valence electrons. The van der Waals surface area contributed by atoms with E-state index in [-0.39, 0.29) is 11.3 Å². The van der Waals surface area contributed by atoms with Crippen LogP contribution in [-0.2, 0) is 10.0 Å². The number of carboxylic acids is 1. The van der Waals surface area contributed by atoms with Crippen molar-refractivity contribution < 1.29 is 22.7 Å².